The second-order valence-corrected chi connectivity index (χ2v) is 5.72. The van der Waals surface area contributed by atoms with Gasteiger partial charge < -0.3 is 18.9 Å². The summed E-state index contributed by atoms with van der Waals surface area (Å²) in [5.41, 5.74) is 0.386. The zero-order valence-electron chi connectivity index (χ0n) is 14.3. The van der Waals surface area contributed by atoms with Crippen molar-refractivity contribution in [2.24, 2.45) is 0 Å². The molecular weight excluding hydrogens is 344 g/mol. The molecule has 0 aliphatic heterocycles. The molecule has 3 rings (SSSR count). The van der Waals surface area contributed by atoms with E-state index in [1.54, 1.807) is 40.6 Å². The molecule has 0 radical (unpaired) electrons. The molecular formula is C19H17ClO5. The summed E-state index contributed by atoms with van der Waals surface area (Å²) >= 11 is 5.82. The molecule has 0 N–H and O–H groups in total. The Morgan fingerprint density at radius 1 is 0.680 bits per heavy atom. The summed E-state index contributed by atoms with van der Waals surface area (Å²) in [5, 5.41) is 2.63. The van der Waals surface area contributed by atoms with Gasteiger partial charge in [0.25, 0.3) is 5.24 Å². The Morgan fingerprint density at radius 2 is 1.12 bits per heavy atom. The summed E-state index contributed by atoms with van der Waals surface area (Å²) in [5.74, 6) is 2.25. The van der Waals surface area contributed by atoms with Gasteiger partial charge in [0.15, 0.2) is 23.0 Å². The Labute approximate surface area is 150 Å². The number of rotatable bonds is 5. The van der Waals surface area contributed by atoms with Gasteiger partial charge in [0, 0.05) is 5.56 Å². The molecule has 0 fully saturated rings. The molecule has 25 heavy (non-hydrogen) atoms. The maximum absolute atomic E-state index is 12.0. The molecule has 0 amide bonds. The van der Waals surface area contributed by atoms with Crippen molar-refractivity contribution in [3.8, 4) is 23.0 Å². The minimum atomic E-state index is -0.547. The highest BCUT2D eigenvalue weighted by Gasteiger charge is 2.17. The largest absolute Gasteiger partial charge is 0.493 e. The summed E-state index contributed by atoms with van der Waals surface area (Å²) in [6.45, 7) is 0. The van der Waals surface area contributed by atoms with Crippen molar-refractivity contribution >= 4 is 38.4 Å². The monoisotopic (exact) mass is 360 g/mol. The quantitative estimate of drug-likeness (QED) is 0.498. The van der Waals surface area contributed by atoms with Gasteiger partial charge in [0.2, 0.25) is 0 Å². The average molecular weight is 361 g/mol. The zero-order chi connectivity index (χ0) is 18.1. The van der Waals surface area contributed by atoms with Crippen LogP contribution in [0, 0.1) is 0 Å². The molecule has 0 atom stereocenters. The van der Waals surface area contributed by atoms with Gasteiger partial charge in [-0.25, -0.2) is 0 Å². The molecule has 0 heterocycles. The first kappa shape index (κ1) is 17.2. The lowest BCUT2D eigenvalue weighted by molar-refractivity contribution is 0.108. The number of hydrogen-bond donors (Lipinski definition) is 0. The summed E-state index contributed by atoms with van der Waals surface area (Å²) < 4.78 is 21.5. The van der Waals surface area contributed by atoms with Crippen molar-refractivity contribution in [2.75, 3.05) is 28.4 Å². The van der Waals surface area contributed by atoms with Crippen LogP contribution in [0.5, 0.6) is 23.0 Å². The Kier molecular flexibility index (Phi) is 4.59. The summed E-state index contributed by atoms with van der Waals surface area (Å²) in [4.78, 5) is 12.0. The minimum absolute atomic E-state index is 0.386. The molecule has 6 heteroatoms. The molecule has 0 unspecified atom stereocenters. The van der Waals surface area contributed by atoms with Crippen molar-refractivity contribution in [3.63, 3.8) is 0 Å². The number of ether oxygens (including phenoxy) is 4. The van der Waals surface area contributed by atoms with E-state index >= 15 is 0 Å². The van der Waals surface area contributed by atoms with Crippen LogP contribution in [-0.2, 0) is 0 Å². The van der Waals surface area contributed by atoms with E-state index in [2.05, 4.69) is 0 Å². The molecule has 0 aromatic heterocycles. The number of hydrogen-bond acceptors (Lipinski definition) is 5. The highest BCUT2D eigenvalue weighted by Crippen LogP contribution is 2.41. The average Bonchev–Trinajstić information content (AvgIpc) is 2.64. The van der Waals surface area contributed by atoms with Gasteiger partial charge in [-0.05, 0) is 63.5 Å². The van der Waals surface area contributed by atoms with Crippen LogP contribution in [0.2, 0.25) is 0 Å². The van der Waals surface area contributed by atoms with Crippen LogP contribution in [0.15, 0.2) is 30.3 Å². The number of carbonyl (C=O) groups excluding carboxylic acids is 1. The molecule has 0 aliphatic carbocycles. The van der Waals surface area contributed by atoms with Crippen LogP contribution in [0.3, 0.4) is 0 Å². The lowest BCUT2D eigenvalue weighted by atomic mass is 9.96. The molecule has 130 valence electrons. The van der Waals surface area contributed by atoms with Gasteiger partial charge in [0.05, 0.1) is 28.4 Å². The van der Waals surface area contributed by atoms with Gasteiger partial charge in [-0.3, -0.25) is 4.79 Å². The van der Waals surface area contributed by atoms with Crippen LogP contribution in [0.4, 0.5) is 0 Å². The molecule has 3 aromatic carbocycles. The van der Waals surface area contributed by atoms with E-state index in [-0.39, 0.29) is 0 Å². The third-order valence-electron chi connectivity index (χ3n) is 4.17. The zero-order valence-corrected chi connectivity index (χ0v) is 15.1. The van der Waals surface area contributed by atoms with E-state index in [1.807, 2.05) is 18.2 Å². The third-order valence-corrected chi connectivity index (χ3v) is 4.37. The number of halogens is 1. The van der Waals surface area contributed by atoms with Crippen molar-refractivity contribution < 1.29 is 23.7 Å². The predicted molar refractivity (Wildman–Crippen MR) is 97.8 cm³/mol. The fourth-order valence-corrected chi connectivity index (χ4v) is 3.12. The highest BCUT2D eigenvalue weighted by molar-refractivity contribution is 6.68. The van der Waals surface area contributed by atoms with E-state index in [0.29, 0.717) is 33.9 Å². The standard InChI is InChI=1S/C19H17ClO5/c1-22-15-6-10-5-14(19(20)21)13-9-18(25-4)17(24-3)8-12(13)11(10)7-16(15)23-2/h5-9H,1-4H3. The van der Waals surface area contributed by atoms with Crippen LogP contribution < -0.4 is 18.9 Å². The van der Waals surface area contributed by atoms with E-state index in [0.717, 1.165) is 16.2 Å². The maximum Gasteiger partial charge on any atom is 0.253 e. The second-order valence-electron chi connectivity index (χ2n) is 5.38. The maximum atomic E-state index is 12.0. The highest BCUT2D eigenvalue weighted by atomic mass is 35.5. The third kappa shape index (κ3) is 2.81. The van der Waals surface area contributed by atoms with E-state index in [4.69, 9.17) is 30.5 Å². The SMILES string of the molecule is COc1cc2cc(C(=O)Cl)c3cc(OC)c(OC)cc3c2cc1OC. The van der Waals surface area contributed by atoms with Crippen molar-refractivity contribution in [3.05, 3.63) is 35.9 Å². The Morgan fingerprint density at radius 3 is 1.60 bits per heavy atom. The fraction of sp³-hybridized carbons (Fsp3) is 0.211. The van der Waals surface area contributed by atoms with Crippen LogP contribution in [0.1, 0.15) is 10.4 Å². The van der Waals surface area contributed by atoms with Crippen molar-refractivity contribution in [2.45, 2.75) is 0 Å². The van der Waals surface area contributed by atoms with Gasteiger partial charge in [-0.1, -0.05) is 0 Å². The molecule has 5 nitrogen and oxygen atoms in total. The Bertz CT molecular complexity index is 981. The molecule has 0 saturated carbocycles. The van der Waals surface area contributed by atoms with Crippen LogP contribution in [-0.4, -0.2) is 33.7 Å². The minimum Gasteiger partial charge on any atom is -0.493 e. The summed E-state index contributed by atoms with van der Waals surface area (Å²) in [6, 6.07) is 8.99. The van der Waals surface area contributed by atoms with Crippen LogP contribution >= 0.6 is 11.6 Å². The van der Waals surface area contributed by atoms with Crippen molar-refractivity contribution in [1.29, 1.82) is 0 Å². The van der Waals surface area contributed by atoms with Crippen LogP contribution in [0.25, 0.3) is 21.5 Å². The number of methoxy groups -OCH3 is 4. The summed E-state index contributed by atoms with van der Waals surface area (Å²) in [7, 11) is 6.24. The molecule has 0 saturated heterocycles. The van der Waals surface area contributed by atoms with Gasteiger partial charge in [-0.15, -0.1) is 0 Å². The van der Waals surface area contributed by atoms with Gasteiger partial charge >= 0.3 is 0 Å². The number of benzene rings is 3. The van der Waals surface area contributed by atoms with Gasteiger partial charge in [0.1, 0.15) is 0 Å². The Hall–Kier alpha value is -2.66. The molecule has 0 aliphatic rings. The first-order valence-corrected chi connectivity index (χ1v) is 7.86. The lowest BCUT2D eigenvalue weighted by Gasteiger charge is -2.15. The summed E-state index contributed by atoms with van der Waals surface area (Å²) in [6.07, 6.45) is 0. The Balaban J connectivity index is 2.51. The number of carbonyl (C=O) groups is 1. The lowest BCUT2D eigenvalue weighted by Crippen LogP contribution is -1.97. The molecule has 0 bridgehead atoms. The van der Waals surface area contributed by atoms with E-state index in [1.165, 1.54) is 0 Å². The first-order chi connectivity index (χ1) is 12.0. The smallest absolute Gasteiger partial charge is 0.253 e. The topological polar surface area (TPSA) is 54.0 Å². The van der Waals surface area contributed by atoms with E-state index in [9.17, 15) is 4.79 Å². The number of fused-ring (bicyclic) bond motifs is 3. The fourth-order valence-electron chi connectivity index (χ4n) is 2.97. The molecule has 0 spiro atoms. The van der Waals surface area contributed by atoms with Crippen molar-refractivity contribution in [1.82, 2.24) is 0 Å². The normalized spacial score (nSPS) is 10.8. The van der Waals surface area contributed by atoms with E-state index < -0.39 is 5.24 Å². The second kappa shape index (κ2) is 6.69. The first-order valence-electron chi connectivity index (χ1n) is 7.48. The molecule has 3 aromatic rings. The van der Waals surface area contributed by atoms with Gasteiger partial charge in [-0.2, -0.15) is 0 Å². The predicted octanol–water partition coefficient (Wildman–Crippen LogP) is 4.41.